The topological polar surface area (TPSA) is 29.3 Å². The molecule has 1 fully saturated rings. The van der Waals surface area contributed by atoms with E-state index in [1.54, 1.807) is 11.1 Å². The van der Waals surface area contributed by atoms with Crippen LogP contribution in [0, 0.1) is 6.92 Å². The lowest BCUT2D eigenvalue weighted by atomic mass is 9.87. The second kappa shape index (κ2) is 7.31. The fourth-order valence-corrected chi connectivity index (χ4v) is 4.58. The first kappa shape index (κ1) is 16.8. The van der Waals surface area contributed by atoms with Gasteiger partial charge in [0.15, 0.2) is 0 Å². The minimum absolute atomic E-state index is 0.276. The van der Waals surface area contributed by atoms with Crippen molar-refractivity contribution in [2.75, 3.05) is 13.1 Å². The molecular weight excluding hydrogens is 304 g/mol. The quantitative estimate of drug-likeness (QED) is 0.912. The van der Waals surface area contributed by atoms with Crippen LogP contribution >= 0.6 is 0 Å². The molecule has 4 rings (SSSR count). The summed E-state index contributed by atoms with van der Waals surface area (Å²) >= 11 is 0. The highest BCUT2D eigenvalue weighted by molar-refractivity contribution is 5.34. The standard InChI is InChI=1S/C23H30N2/c1-17-6-9-20(10-7-17)22-13-23(24)16-25(15-22)14-18-8-11-19-4-2-3-5-21(19)12-18/h6-12,22-23H,2-5,13-16,24H2,1H3. The number of hydrogen-bond donors (Lipinski definition) is 1. The number of aryl methyl sites for hydroxylation is 3. The van der Waals surface area contributed by atoms with Gasteiger partial charge in [0.05, 0.1) is 0 Å². The maximum Gasteiger partial charge on any atom is 0.0234 e. The lowest BCUT2D eigenvalue weighted by Crippen LogP contribution is -2.45. The van der Waals surface area contributed by atoms with Crippen LogP contribution in [0.5, 0.6) is 0 Å². The summed E-state index contributed by atoms with van der Waals surface area (Å²) < 4.78 is 0. The molecule has 2 aromatic carbocycles. The van der Waals surface area contributed by atoms with Gasteiger partial charge in [-0.15, -0.1) is 0 Å². The molecule has 0 spiro atoms. The highest BCUT2D eigenvalue weighted by Gasteiger charge is 2.26. The minimum Gasteiger partial charge on any atom is -0.327 e. The summed E-state index contributed by atoms with van der Waals surface area (Å²) in [6, 6.07) is 16.5. The van der Waals surface area contributed by atoms with E-state index in [1.807, 2.05) is 0 Å². The number of nitrogens with two attached hydrogens (primary N) is 1. The van der Waals surface area contributed by atoms with Gasteiger partial charge in [0, 0.05) is 25.7 Å². The van der Waals surface area contributed by atoms with Crippen molar-refractivity contribution in [3.05, 3.63) is 70.3 Å². The Hall–Kier alpha value is -1.64. The van der Waals surface area contributed by atoms with Crippen molar-refractivity contribution in [3.8, 4) is 0 Å². The van der Waals surface area contributed by atoms with Crippen LogP contribution in [0.15, 0.2) is 42.5 Å². The molecule has 1 heterocycles. The van der Waals surface area contributed by atoms with E-state index in [-0.39, 0.29) is 6.04 Å². The Labute approximate surface area is 152 Å². The van der Waals surface area contributed by atoms with Crippen LogP contribution in [-0.4, -0.2) is 24.0 Å². The molecule has 1 aliphatic carbocycles. The van der Waals surface area contributed by atoms with E-state index < -0.39 is 0 Å². The second-order valence-electron chi connectivity index (χ2n) is 8.11. The van der Waals surface area contributed by atoms with Crippen LogP contribution in [0.4, 0.5) is 0 Å². The fourth-order valence-electron chi connectivity index (χ4n) is 4.58. The van der Waals surface area contributed by atoms with E-state index in [1.165, 1.54) is 42.4 Å². The van der Waals surface area contributed by atoms with Crippen LogP contribution in [-0.2, 0) is 19.4 Å². The van der Waals surface area contributed by atoms with E-state index in [9.17, 15) is 0 Å². The van der Waals surface area contributed by atoms with Crippen molar-refractivity contribution < 1.29 is 0 Å². The smallest absolute Gasteiger partial charge is 0.0234 e. The second-order valence-corrected chi connectivity index (χ2v) is 8.11. The van der Waals surface area contributed by atoms with E-state index in [0.717, 1.165) is 26.1 Å². The highest BCUT2D eigenvalue weighted by atomic mass is 15.1. The molecule has 0 amide bonds. The van der Waals surface area contributed by atoms with Gasteiger partial charge in [-0.05, 0) is 67.2 Å². The van der Waals surface area contributed by atoms with E-state index in [2.05, 4.69) is 54.3 Å². The van der Waals surface area contributed by atoms with Crippen LogP contribution in [0.25, 0.3) is 0 Å². The summed E-state index contributed by atoms with van der Waals surface area (Å²) in [5, 5.41) is 0. The van der Waals surface area contributed by atoms with Crippen LogP contribution in [0.2, 0.25) is 0 Å². The predicted octanol–water partition coefficient (Wildman–Crippen LogP) is 4.19. The molecule has 0 bridgehead atoms. The normalized spacial score (nSPS) is 24.1. The average molecular weight is 335 g/mol. The first-order valence-electron chi connectivity index (χ1n) is 9.82. The summed E-state index contributed by atoms with van der Waals surface area (Å²) in [6.45, 7) is 5.31. The molecule has 2 N–H and O–H groups in total. The first-order valence-corrected chi connectivity index (χ1v) is 9.82. The van der Waals surface area contributed by atoms with Crippen LogP contribution in [0.3, 0.4) is 0 Å². The van der Waals surface area contributed by atoms with Crippen molar-refractivity contribution in [1.29, 1.82) is 0 Å². The maximum atomic E-state index is 6.41. The van der Waals surface area contributed by atoms with Gasteiger partial charge in [0.25, 0.3) is 0 Å². The Kier molecular flexibility index (Phi) is 4.91. The number of hydrogen-bond acceptors (Lipinski definition) is 2. The van der Waals surface area contributed by atoms with Crippen molar-refractivity contribution in [2.24, 2.45) is 5.73 Å². The number of fused-ring (bicyclic) bond motifs is 1. The van der Waals surface area contributed by atoms with Gasteiger partial charge in [-0.2, -0.15) is 0 Å². The molecule has 2 heteroatoms. The van der Waals surface area contributed by atoms with Gasteiger partial charge in [-0.25, -0.2) is 0 Å². The van der Waals surface area contributed by atoms with Crippen molar-refractivity contribution in [3.63, 3.8) is 0 Å². The molecule has 0 aromatic heterocycles. The number of likely N-dealkylation sites (tertiary alicyclic amines) is 1. The molecule has 0 radical (unpaired) electrons. The summed E-state index contributed by atoms with van der Waals surface area (Å²) in [4.78, 5) is 2.56. The Balaban J connectivity index is 1.47. The zero-order chi connectivity index (χ0) is 17.2. The lowest BCUT2D eigenvalue weighted by molar-refractivity contribution is 0.181. The Bertz CT molecular complexity index is 719. The first-order chi connectivity index (χ1) is 12.2. The van der Waals surface area contributed by atoms with E-state index in [4.69, 9.17) is 5.73 Å². The molecule has 0 saturated carbocycles. The van der Waals surface area contributed by atoms with Gasteiger partial charge in [-0.1, -0.05) is 48.0 Å². The molecule has 1 aliphatic heterocycles. The summed E-state index contributed by atoms with van der Waals surface area (Å²) in [5.41, 5.74) is 13.8. The van der Waals surface area contributed by atoms with Crippen molar-refractivity contribution >= 4 is 0 Å². The van der Waals surface area contributed by atoms with E-state index >= 15 is 0 Å². The summed E-state index contributed by atoms with van der Waals surface area (Å²) in [5.74, 6) is 0.557. The minimum atomic E-state index is 0.276. The fraction of sp³-hybridized carbons (Fsp3) is 0.478. The zero-order valence-electron chi connectivity index (χ0n) is 15.4. The Morgan fingerprint density at radius 1 is 0.960 bits per heavy atom. The monoisotopic (exact) mass is 334 g/mol. The number of benzene rings is 2. The van der Waals surface area contributed by atoms with Crippen molar-refractivity contribution in [2.45, 2.75) is 57.5 Å². The Morgan fingerprint density at radius 2 is 1.72 bits per heavy atom. The van der Waals surface area contributed by atoms with Crippen molar-refractivity contribution in [1.82, 2.24) is 4.90 Å². The van der Waals surface area contributed by atoms with E-state index in [0.29, 0.717) is 5.92 Å². The zero-order valence-corrected chi connectivity index (χ0v) is 15.4. The molecule has 2 aromatic rings. The van der Waals surface area contributed by atoms with Gasteiger partial charge >= 0.3 is 0 Å². The maximum absolute atomic E-state index is 6.41. The van der Waals surface area contributed by atoms with Gasteiger partial charge < -0.3 is 5.73 Å². The third kappa shape index (κ3) is 3.96. The number of piperidine rings is 1. The Morgan fingerprint density at radius 3 is 2.52 bits per heavy atom. The average Bonchev–Trinajstić information content (AvgIpc) is 2.62. The highest BCUT2D eigenvalue weighted by Crippen LogP contribution is 2.28. The van der Waals surface area contributed by atoms with Gasteiger partial charge in [0.2, 0.25) is 0 Å². The van der Waals surface area contributed by atoms with Gasteiger partial charge in [0.1, 0.15) is 0 Å². The molecule has 1 saturated heterocycles. The molecule has 2 nitrogen and oxygen atoms in total. The molecular formula is C23H30N2. The molecule has 2 unspecified atom stereocenters. The third-order valence-electron chi connectivity index (χ3n) is 5.93. The SMILES string of the molecule is Cc1ccc(C2CC(N)CN(Cc3ccc4c(c3)CCCC4)C2)cc1. The number of rotatable bonds is 3. The summed E-state index contributed by atoms with van der Waals surface area (Å²) in [7, 11) is 0. The summed E-state index contributed by atoms with van der Waals surface area (Å²) in [6.07, 6.45) is 6.32. The third-order valence-corrected chi connectivity index (χ3v) is 5.93. The number of nitrogens with zero attached hydrogens (tertiary/aromatic N) is 1. The van der Waals surface area contributed by atoms with Crippen LogP contribution in [0.1, 0.15) is 53.0 Å². The lowest BCUT2D eigenvalue weighted by Gasteiger charge is -2.37. The molecule has 25 heavy (non-hydrogen) atoms. The largest absolute Gasteiger partial charge is 0.327 e. The molecule has 2 aliphatic rings. The molecule has 2 atom stereocenters. The molecule has 132 valence electrons. The van der Waals surface area contributed by atoms with Gasteiger partial charge in [-0.3, -0.25) is 4.90 Å². The predicted molar refractivity (Wildman–Crippen MR) is 105 cm³/mol. The van der Waals surface area contributed by atoms with Crippen LogP contribution < -0.4 is 5.73 Å².